The predicted octanol–water partition coefficient (Wildman–Crippen LogP) is 3.57. The van der Waals surface area contributed by atoms with E-state index in [1.807, 2.05) is 12.1 Å². The fourth-order valence-electron chi connectivity index (χ4n) is 2.61. The minimum Gasteiger partial charge on any atom is -0.399 e. The van der Waals surface area contributed by atoms with E-state index in [9.17, 15) is 4.79 Å². The lowest BCUT2D eigenvalue weighted by molar-refractivity contribution is -0.117. The van der Waals surface area contributed by atoms with Crippen LogP contribution in [0.3, 0.4) is 0 Å². The van der Waals surface area contributed by atoms with Gasteiger partial charge in [0.1, 0.15) is 0 Å². The van der Waals surface area contributed by atoms with Crippen molar-refractivity contribution in [2.75, 3.05) is 11.1 Å². The van der Waals surface area contributed by atoms with E-state index in [0.717, 1.165) is 11.4 Å². The third-order valence-electron chi connectivity index (χ3n) is 3.64. The van der Waals surface area contributed by atoms with Gasteiger partial charge in [-0.25, -0.2) is 0 Å². The molecule has 1 saturated carbocycles. The lowest BCUT2D eigenvalue weighted by Crippen LogP contribution is -2.16. The number of anilines is 2. The highest BCUT2D eigenvalue weighted by Gasteiger charge is 2.15. The summed E-state index contributed by atoms with van der Waals surface area (Å²) in [5, 5.41) is 2.94. The van der Waals surface area contributed by atoms with Crippen molar-refractivity contribution < 1.29 is 4.79 Å². The Kier molecular flexibility index (Phi) is 4.62. The Morgan fingerprint density at radius 3 is 2.33 bits per heavy atom. The molecule has 0 radical (unpaired) electrons. The number of nitrogen functional groups attached to an aromatic ring is 1. The summed E-state index contributed by atoms with van der Waals surface area (Å²) in [5.41, 5.74) is 7.17. The van der Waals surface area contributed by atoms with E-state index in [0.29, 0.717) is 12.3 Å². The molecule has 3 N–H and O–H groups in total. The normalized spacial score (nSPS) is 17.1. The molecule has 3 nitrogen and oxygen atoms in total. The second-order valence-corrected chi connectivity index (χ2v) is 5.23. The maximum atomic E-state index is 11.9. The fraction of sp³-hybridized carbons (Fsp3) is 0.533. The van der Waals surface area contributed by atoms with Crippen LogP contribution in [-0.2, 0) is 4.79 Å². The first kappa shape index (κ1) is 12.9. The number of hydrogen-bond donors (Lipinski definition) is 2. The molecule has 1 aliphatic rings. The lowest BCUT2D eigenvalue weighted by Gasteiger charge is -2.13. The first-order valence-corrected chi connectivity index (χ1v) is 6.89. The van der Waals surface area contributed by atoms with Gasteiger partial charge in [0.15, 0.2) is 0 Å². The van der Waals surface area contributed by atoms with Crippen LogP contribution < -0.4 is 11.1 Å². The van der Waals surface area contributed by atoms with Crippen LogP contribution in [0.25, 0.3) is 0 Å². The zero-order valence-corrected chi connectivity index (χ0v) is 10.8. The minimum atomic E-state index is 0.131. The molecule has 0 unspecified atom stereocenters. The highest BCUT2D eigenvalue weighted by Crippen LogP contribution is 2.25. The van der Waals surface area contributed by atoms with Crippen LogP contribution in [0.4, 0.5) is 11.4 Å². The van der Waals surface area contributed by atoms with E-state index in [2.05, 4.69) is 5.32 Å². The van der Waals surface area contributed by atoms with Gasteiger partial charge in [-0.15, -0.1) is 0 Å². The van der Waals surface area contributed by atoms with Gasteiger partial charge in [-0.3, -0.25) is 4.79 Å². The average molecular weight is 246 g/mol. The topological polar surface area (TPSA) is 55.1 Å². The Bertz CT molecular complexity index is 378. The molecule has 0 aliphatic heterocycles. The van der Waals surface area contributed by atoms with Crippen LogP contribution in [-0.4, -0.2) is 5.91 Å². The zero-order chi connectivity index (χ0) is 12.8. The van der Waals surface area contributed by atoms with Gasteiger partial charge >= 0.3 is 0 Å². The van der Waals surface area contributed by atoms with E-state index in [1.54, 1.807) is 12.1 Å². The van der Waals surface area contributed by atoms with Gasteiger partial charge in [0, 0.05) is 17.8 Å². The summed E-state index contributed by atoms with van der Waals surface area (Å²) in [6.07, 6.45) is 8.28. The van der Waals surface area contributed by atoms with E-state index in [1.165, 1.54) is 38.5 Å². The summed E-state index contributed by atoms with van der Waals surface area (Å²) >= 11 is 0. The molecule has 0 saturated heterocycles. The molecular weight excluding hydrogens is 224 g/mol. The van der Waals surface area contributed by atoms with Gasteiger partial charge in [-0.1, -0.05) is 25.7 Å². The number of carbonyl (C=O) groups excluding carboxylic acids is 1. The second kappa shape index (κ2) is 6.43. The van der Waals surface area contributed by atoms with Crippen LogP contribution >= 0.6 is 0 Å². The number of rotatable bonds is 3. The third kappa shape index (κ3) is 4.06. The highest BCUT2D eigenvalue weighted by atomic mass is 16.1. The van der Waals surface area contributed by atoms with E-state index >= 15 is 0 Å². The molecule has 0 heterocycles. The van der Waals surface area contributed by atoms with E-state index in [4.69, 9.17) is 5.73 Å². The molecule has 0 spiro atoms. The Hall–Kier alpha value is -1.51. The van der Waals surface area contributed by atoms with Crippen molar-refractivity contribution in [3.63, 3.8) is 0 Å². The van der Waals surface area contributed by atoms with Crippen molar-refractivity contribution in [2.45, 2.75) is 44.9 Å². The van der Waals surface area contributed by atoms with Crippen LogP contribution in [0, 0.1) is 5.92 Å². The summed E-state index contributed by atoms with van der Waals surface area (Å²) in [4.78, 5) is 11.9. The molecule has 1 aromatic carbocycles. The van der Waals surface area contributed by atoms with Crippen LogP contribution in [0.5, 0.6) is 0 Å². The van der Waals surface area contributed by atoms with Crippen molar-refractivity contribution in [1.29, 1.82) is 0 Å². The molecule has 1 aromatic rings. The molecule has 1 fully saturated rings. The number of nitrogens with one attached hydrogen (secondary N) is 1. The second-order valence-electron chi connectivity index (χ2n) is 5.23. The van der Waals surface area contributed by atoms with E-state index in [-0.39, 0.29) is 5.91 Å². The SMILES string of the molecule is Nc1ccc(NC(=O)CC2CCCCCC2)cc1. The average Bonchev–Trinajstić information content (AvgIpc) is 2.61. The van der Waals surface area contributed by atoms with Crippen molar-refractivity contribution in [1.82, 2.24) is 0 Å². The molecule has 1 amide bonds. The summed E-state index contributed by atoms with van der Waals surface area (Å²) in [7, 11) is 0. The third-order valence-corrected chi connectivity index (χ3v) is 3.64. The van der Waals surface area contributed by atoms with Crippen molar-refractivity contribution in [3.8, 4) is 0 Å². The van der Waals surface area contributed by atoms with Crippen LogP contribution in [0.1, 0.15) is 44.9 Å². The zero-order valence-electron chi connectivity index (χ0n) is 10.8. The molecule has 3 heteroatoms. The van der Waals surface area contributed by atoms with Gasteiger partial charge in [-0.2, -0.15) is 0 Å². The van der Waals surface area contributed by atoms with Crippen LogP contribution in [0.2, 0.25) is 0 Å². The Morgan fingerprint density at radius 1 is 1.11 bits per heavy atom. The standard InChI is InChI=1S/C15H22N2O/c16-13-7-9-14(10-8-13)17-15(18)11-12-5-3-1-2-4-6-12/h7-10,12H,1-6,11,16H2,(H,17,18). The Morgan fingerprint density at radius 2 is 1.72 bits per heavy atom. The summed E-state index contributed by atoms with van der Waals surface area (Å²) in [6, 6.07) is 7.31. The number of carbonyl (C=O) groups is 1. The van der Waals surface area contributed by atoms with Gasteiger partial charge in [-0.05, 0) is 43.0 Å². The maximum absolute atomic E-state index is 11.9. The Labute approximate surface area is 109 Å². The van der Waals surface area contributed by atoms with Crippen molar-refractivity contribution in [2.24, 2.45) is 5.92 Å². The van der Waals surface area contributed by atoms with Crippen molar-refractivity contribution >= 4 is 17.3 Å². The maximum Gasteiger partial charge on any atom is 0.224 e. The highest BCUT2D eigenvalue weighted by molar-refractivity contribution is 5.90. The smallest absolute Gasteiger partial charge is 0.224 e. The number of benzene rings is 1. The van der Waals surface area contributed by atoms with E-state index < -0.39 is 0 Å². The first-order valence-electron chi connectivity index (χ1n) is 6.89. The molecule has 0 aromatic heterocycles. The molecule has 0 bridgehead atoms. The monoisotopic (exact) mass is 246 g/mol. The van der Waals surface area contributed by atoms with Gasteiger partial charge in [0.25, 0.3) is 0 Å². The van der Waals surface area contributed by atoms with Crippen molar-refractivity contribution in [3.05, 3.63) is 24.3 Å². The summed E-state index contributed by atoms with van der Waals surface area (Å²) in [5.74, 6) is 0.702. The number of hydrogen-bond acceptors (Lipinski definition) is 2. The van der Waals surface area contributed by atoms with Crippen LogP contribution in [0.15, 0.2) is 24.3 Å². The predicted molar refractivity (Wildman–Crippen MR) is 75.3 cm³/mol. The minimum absolute atomic E-state index is 0.131. The Balaban J connectivity index is 1.82. The largest absolute Gasteiger partial charge is 0.399 e. The lowest BCUT2D eigenvalue weighted by atomic mass is 9.96. The van der Waals surface area contributed by atoms with Gasteiger partial charge < -0.3 is 11.1 Å². The summed E-state index contributed by atoms with van der Waals surface area (Å²) in [6.45, 7) is 0. The van der Waals surface area contributed by atoms with Gasteiger partial charge in [0.05, 0.1) is 0 Å². The molecule has 98 valence electrons. The molecule has 18 heavy (non-hydrogen) atoms. The van der Waals surface area contributed by atoms with Gasteiger partial charge in [0.2, 0.25) is 5.91 Å². The fourth-order valence-corrected chi connectivity index (χ4v) is 2.61. The molecule has 0 atom stereocenters. The number of nitrogens with two attached hydrogens (primary N) is 1. The number of amides is 1. The molecular formula is C15H22N2O. The quantitative estimate of drug-likeness (QED) is 0.632. The molecule has 1 aliphatic carbocycles. The molecule has 2 rings (SSSR count). The summed E-state index contributed by atoms with van der Waals surface area (Å²) < 4.78 is 0. The first-order chi connectivity index (χ1) is 8.74.